The molecule has 7 heteroatoms. The van der Waals surface area contributed by atoms with Crippen LogP contribution < -0.4 is 11.1 Å². The van der Waals surface area contributed by atoms with Crippen molar-refractivity contribution in [3.63, 3.8) is 0 Å². The van der Waals surface area contributed by atoms with E-state index in [2.05, 4.69) is 10.2 Å². The molecule has 0 spiro atoms. The average molecular weight is 402 g/mol. The quantitative estimate of drug-likeness (QED) is 0.665. The molecule has 2 aromatic rings. The van der Waals surface area contributed by atoms with Gasteiger partial charge in [-0.15, -0.1) is 11.8 Å². The number of likely N-dealkylation sites (tertiary alicyclic amines) is 1. The van der Waals surface area contributed by atoms with E-state index in [-0.39, 0.29) is 23.7 Å². The minimum Gasteiger partial charge on any atom is -0.368 e. The summed E-state index contributed by atoms with van der Waals surface area (Å²) in [6.07, 6.45) is 2.05. The lowest BCUT2D eigenvalue weighted by Gasteiger charge is -2.22. The van der Waals surface area contributed by atoms with Gasteiger partial charge in [-0.2, -0.15) is 0 Å². The van der Waals surface area contributed by atoms with E-state index in [0.29, 0.717) is 29.3 Å². The molecule has 1 atom stereocenters. The second-order valence-corrected chi connectivity index (χ2v) is 7.95. The van der Waals surface area contributed by atoms with Crippen LogP contribution >= 0.6 is 11.8 Å². The number of carbonyl (C=O) groups excluding carboxylic acids is 2. The van der Waals surface area contributed by atoms with Crippen LogP contribution in [0.3, 0.4) is 0 Å². The summed E-state index contributed by atoms with van der Waals surface area (Å²) in [5.74, 6) is -0.163. The second-order valence-electron chi connectivity index (χ2n) is 6.81. The summed E-state index contributed by atoms with van der Waals surface area (Å²) in [6.45, 7) is 1.47. The number of benzene rings is 2. The van der Waals surface area contributed by atoms with Gasteiger partial charge in [0.1, 0.15) is 5.82 Å². The van der Waals surface area contributed by atoms with E-state index in [4.69, 9.17) is 5.73 Å². The number of carbonyl (C=O) groups is 2. The first-order chi connectivity index (χ1) is 13.5. The fourth-order valence-electron chi connectivity index (χ4n) is 3.36. The molecule has 2 amide bonds. The number of nitrogens with zero attached hydrogens (tertiary/aromatic N) is 1. The van der Waals surface area contributed by atoms with Crippen molar-refractivity contribution in [2.24, 2.45) is 5.73 Å². The Morgan fingerprint density at radius 1 is 1.21 bits per heavy atom. The van der Waals surface area contributed by atoms with Gasteiger partial charge >= 0.3 is 0 Å². The van der Waals surface area contributed by atoms with Crippen LogP contribution in [0.15, 0.2) is 53.4 Å². The number of hydrogen-bond donors (Lipinski definition) is 2. The van der Waals surface area contributed by atoms with Crippen molar-refractivity contribution in [2.45, 2.75) is 36.7 Å². The average Bonchev–Trinajstić information content (AvgIpc) is 3.12. The molecule has 1 heterocycles. The smallest absolute Gasteiger partial charge is 0.234 e. The van der Waals surface area contributed by atoms with Crippen LogP contribution in [0.2, 0.25) is 0 Å². The number of amides is 2. The lowest BCUT2D eigenvalue weighted by molar-refractivity contribution is -0.122. The minimum absolute atomic E-state index is 0.114. The van der Waals surface area contributed by atoms with Gasteiger partial charge < -0.3 is 11.1 Å². The van der Waals surface area contributed by atoms with Crippen molar-refractivity contribution in [3.8, 4) is 0 Å². The molecule has 1 fully saturated rings. The Morgan fingerprint density at radius 3 is 2.82 bits per heavy atom. The number of nitrogens with one attached hydrogen (secondary N) is 1. The first kappa shape index (κ1) is 20.4. The van der Waals surface area contributed by atoms with Gasteiger partial charge in [0.05, 0.1) is 6.04 Å². The molecule has 28 heavy (non-hydrogen) atoms. The van der Waals surface area contributed by atoms with Gasteiger partial charge in [-0.3, -0.25) is 14.5 Å². The number of anilines is 1. The first-order valence-corrected chi connectivity index (χ1v) is 10.3. The molecule has 148 valence electrons. The van der Waals surface area contributed by atoms with Crippen LogP contribution in [-0.4, -0.2) is 35.1 Å². The molecule has 3 rings (SSSR count). The van der Waals surface area contributed by atoms with Crippen LogP contribution in [-0.2, 0) is 16.1 Å². The second kappa shape index (κ2) is 9.71. The molecule has 1 aliphatic heterocycles. The molecule has 3 N–H and O–H groups in total. The van der Waals surface area contributed by atoms with E-state index in [0.717, 1.165) is 24.9 Å². The first-order valence-electron chi connectivity index (χ1n) is 9.32. The van der Waals surface area contributed by atoms with Crippen molar-refractivity contribution < 1.29 is 14.0 Å². The molecular formula is C21H24FN3O2S. The van der Waals surface area contributed by atoms with E-state index in [1.54, 1.807) is 18.2 Å². The van der Waals surface area contributed by atoms with Crippen LogP contribution in [0.4, 0.5) is 10.1 Å². The third-order valence-corrected chi connectivity index (χ3v) is 5.76. The standard InChI is InChI=1S/C21H24FN3O2S/c22-17-7-1-2-9-19(17)28-12-10-20(26)24-16-6-3-5-15(13-16)14-25-11-4-8-18(25)21(23)27/h1-3,5-7,9,13,18H,4,8,10-12,14H2,(H2,23,27)(H,24,26). The van der Waals surface area contributed by atoms with Crippen LogP contribution in [0.5, 0.6) is 0 Å². The molecular weight excluding hydrogens is 377 g/mol. The zero-order chi connectivity index (χ0) is 19.9. The van der Waals surface area contributed by atoms with E-state index in [1.165, 1.54) is 17.8 Å². The van der Waals surface area contributed by atoms with Crippen molar-refractivity contribution in [2.75, 3.05) is 17.6 Å². The number of thioether (sulfide) groups is 1. The van der Waals surface area contributed by atoms with E-state index in [9.17, 15) is 14.0 Å². The fraction of sp³-hybridized carbons (Fsp3) is 0.333. The lowest BCUT2D eigenvalue weighted by atomic mass is 10.1. The molecule has 0 bridgehead atoms. The summed E-state index contributed by atoms with van der Waals surface area (Å²) in [5.41, 5.74) is 7.21. The van der Waals surface area contributed by atoms with Gasteiger partial charge in [-0.1, -0.05) is 24.3 Å². The predicted molar refractivity (Wildman–Crippen MR) is 109 cm³/mol. The zero-order valence-electron chi connectivity index (χ0n) is 15.6. The topological polar surface area (TPSA) is 75.4 Å². The van der Waals surface area contributed by atoms with E-state index < -0.39 is 0 Å². The maximum absolute atomic E-state index is 13.6. The third kappa shape index (κ3) is 5.56. The summed E-state index contributed by atoms with van der Waals surface area (Å²) >= 11 is 1.33. The lowest BCUT2D eigenvalue weighted by Crippen LogP contribution is -2.39. The van der Waals surface area contributed by atoms with Gasteiger partial charge in [-0.25, -0.2) is 4.39 Å². The molecule has 1 unspecified atom stereocenters. The summed E-state index contributed by atoms with van der Waals surface area (Å²) in [6, 6.07) is 13.9. The van der Waals surface area contributed by atoms with Crippen molar-refractivity contribution in [1.29, 1.82) is 0 Å². The van der Waals surface area contributed by atoms with Gasteiger partial charge in [0.2, 0.25) is 11.8 Å². The van der Waals surface area contributed by atoms with Gasteiger partial charge in [0, 0.05) is 29.3 Å². The monoisotopic (exact) mass is 401 g/mol. The maximum Gasteiger partial charge on any atom is 0.234 e. The summed E-state index contributed by atoms with van der Waals surface area (Å²) in [4.78, 5) is 26.4. The zero-order valence-corrected chi connectivity index (χ0v) is 16.4. The van der Waals surface area contributed by atoms with Crippen LogP contribution in [0.25, 0.3) is 0 Å². The summed E-state index contributed by atoms with van der Waals surface area (Å²) < 4.78 is 13.6. The number of primary amides is 1. The highest BCUT2D eigenvalue weighted by Crippen LogP contribution is 2.23. The van der Waals surface area contributed by atoms with E-state index in [1.807, 2.05) is 24.3 Å². The number of nitrogens with two attached hydrogens (primary N) is 1. The van der Waals surface area contributed by atoms with Crippen molar-refractivity contribution in [3.05, 3.63) is 59.9 Å². The van der Waals surface area contributed by atoms with E-state index >= 15 is 0 Å². The highest BCUT2D eigenvalue weighted by Gasteiger charge is 2.28. The number of halogens is 1. The molecule has 0 aliphatic carbocycles. The van der Waals surface area contributed by atoms with Gasteiger partial charge in [0.15, 0.2) is 0 Å². The fourth-order valence-corrected chi connectivity index (χ4v) is 4.25. The molecule has 2 aromatic carbocycles. The van der Waals surface area contributed by atoms with Crippen LogP contribution in [0, 0.1) is 5.82 Å². The maximum atomic E-state index is 13.6. The van der Waals surface area contributed by atoms with Gasteiger partial charge in [-0.05, 0) is 49.2 Å². The molecule has 1 saturated heterocycles. The molecule has 5 nitrogen and oxygen atoms in total. The summed E-state index contributed by atoms with van der Waals surface area (Å²) in [5, 5.41) is 2.89. The Balaban J connectivity index is 1.50. The predicted octanol–water partition coefficient (Wildman–Crippen LogP) is 3.40. The van der Waals surface area contributed by atoms with Crippen LogP contribution in [0.1, 0.15) is 24.8 Å². The highest BCUT2D eigenvalue weighted by molar-refractivity contribution is 7.99. The molecule has 1 aliphatic rings. The SMILES string of the molecule is NC(=O)C1CCCN1Cc1cccc(NC(=O)CCSc2ccccc2F)c1. The number of rotatable bonds is 8. The highest BCUT2D eigenvalue weighted by atomic mass is 32.2. The Kier molecular flexibility index (Phi) is 7.06. The largest absolute Gasteiger partial charge is 0.368 e. The number of hydrogen-bond acceptors (Lipinski definition) is 4. The molecule has 0 radical (unpaired) electrons. The Hall–Kier alpha value is -2.38. The molecule has 0 aromatic heterocycles. The van der Waals surface area contributed by atoms with Crippen molar-refractivity contribution in [1.82, 2.24) is 4.90 Å². The normalized spacial score (nSPS) is 16.8. The molecule has 0 saturated carbocycles. The van der Waals surface area contributed by atoms with Gasteiger partial charge in [0.25, 0.3) is 0 Å². The minimum atomic E-state index is -0.283. The van der Waals surface area contributed by atoms with Crippen molar-refractivity contribution >= 4 is 29.3 Å². The Bertz CT molecular complexity index is 846. The Morgan fingerprint density at radius 2 is 2.04 bits per heavy atom. The third-order valence-electron chi connectivity index (χ3n) is 4.71. The Labute approximate surface area is 168 Å². The summed E-state index contributed by atoms with van der Waals surface area (Å²) in [7, 11) is 0.